The third-order valence-electron chi connectivity index (χ3n) is 5.39. The first-order valence-electron chi connectivity index (χ1n) is 11.1. The average Bonchev–Trinajstić information content (AvgIpc) is 3.24. The number of anilines is 1. The van der Waals surface area contributed by atoms with Gasteiger partial charge in [-0.15, -0.1) is 10.2 Å². The summed E-state index contributed by atoms with van der Waals surface area (Å²) >= 11 is 7.58. The molecule has 2 heterocycles. The van der Waals surface area contributed by atoms with Gasteiger partial charge in [0.05, 0.1) is 0 Å². The Labute approximate surface area is 208 Å². The van der Waals surface area contributed by atoms with Crippen LogP contribution in [-0.2, 0) is 30.5 Å². The molecule has 2 aromatic carbocycles. The first-order chi connectivity index (χ1) is 16.2. The van der Waals surface area contributed by atoms with Gasteiger partial charge in [0.1, 0.15) is 10.6 Å². The predicted octanol–water partition coefficient (Wildman–Crippen LogP) is 5.52. The summed E-state index contributed by atoms with van der Waals surface area (Å²) in [5, 5.41) is 13.2. The number of rotatable bonds is 5. The number of benzene rings is 2. The van der Waals surface area contributed by atoms with Crippen molar-refractivity contribution in [2.75, 3.05) is 11.9 Å². The van der Waals surface area contributed by atoms with Crippen molar-refractivity contribution < 1.29 is 14.3 Å². The minimum atomic E-state index is -0.529. The molecule has 0 aliphatic carbocycles. The molecule has 0 saturated heterocycles. The highest BCUT2D eigenvalue weighted by Crippen LogP contribution is 2.24. The zero-order chi connectivity index (χ0) is 24.3. The van der Waals surface area contributed by atoms with Gasteiger partial charge in [-0.3, -0.25) is 10.1 Å². The Morgan fingerprint density at radius 3 is 2.68 bits per heavy atom. The number of aryl methyl sites for hydroxylation is 2. The van der Waals surface area contributed by atoms with Crippen LogP contribution in [0, 0.1) is 0 Å². The Morgan fingerprint density at radius 2 is 1.91 bits per heavy atom. The van der Waals surface area contributed by atoms with Crippen LogP contribution in [-0.4, -0.2) is 39.2 Å². The molecule has 0 unspecified atom stereocenters. The number of aromatic nitrogens is 2. The normalized spacial score (nSPS) is 13.4. The second-order valence-corrected chi connectivity index (χ2v) is 10.7. The molecule has 1 aliphatic heterocycles. The van der Waals surface area contributed by atoms with Crippen LogP contribution in [0.4, 0.5) is 9.93 Å². The molecular weight excluding hydrogens is 472 g/mol. The van der Waals surface area contributed by atoms with Gasteiger partial charge in [-0.1, -0.05) is 47.2 Å². The lowest BCUT2D eigenvalue weighted by molar-refractivity contribution is 0.0224. The van der Waals surface area contributed by atoms with Crippen molar-refractivity contribution in [3.63, 3.8) is 0 Å². The minimum absolute atomic E-state index is 0.230. The summed E-state index contributed by atoms with van der Waals surface area (Å²) in [5.74, 6) is -0.230. The van der Waals surface area contributed by atoms with Gasteiger partial charge in [0.25, 0.3) is 5.91 Å². The molecule has 0 spiro atoms. The van der Waals surface area contributed by atoms with Gasteiger partial charge in [0, 0.05) is 30.1 Å². The molecular formula is C25H27ClN4O3S. The van der Waals surface area contributed by atoms with E-state index in [9.17, 15) is 9.59 Å². The Bertz CT molecular complexity index is 1200. The van der Waals surface area contributed by atoms with E-state index in [1.807, 2.05) is 57.2 Å². The molecule has 0 fully saturated rings. The highest BCUT2D eigenvalue weighted by molar-refractivity contribution is 7.15. The minimum Gasteiger partial charge on any atom is -0.444 e. The summed E-state index contributed by atoms with van der Waals surface area (Å²) in [6.45, 7) is 6.59. The van der Waals surface area contributed by atoms with Crippen LogP contribution >= 0.6 is 22.9 Å². The van der Waals surface area contributed by atoms with E-state index in [1.165, 1.54) is 11.3 Å². The third-order valence-corrected chi connectivity index (χ3v) is 6.65. The van der Waals surface area contributed by atoms with E-state index in [1.54, 1.807) is 11.0 Å². The highest BCUT2D eigenvalue weighted by Gasteiger charge is 2.26. The van der Waals surface area contributed by atoms with E-state index in [0.717, 1.165) is 33.1 Å². The second kappa shape index (κ2) is 10.1. The zero-order valence-corrected chi connectivity index (χ0v) is 21.0. The summed E-state index contributed by atoms with van der Waals surface area (Å²) in [6, 6.07) is 13.3. The molecule has 1 N–H and O–H groups in total. The van der Waals surface area contributed by atoms with Gasteiger partial charge < -0.3 is 9.64 Å². The SMILES string of the molecule is CC(C)(C)OC(=O)N1CCc2cc(C(=O)Nc3nnc(CCc4ccccc4Cl)s3)ccc2C1. The topological polar surface area (TPSA) is 84.4 Å². The summed E-state index contributed by atoms with van der Waals surface area (Å²) in [5.41, 5.74) is 3.16. The maximum Gasteiger partial charge on any atom is 0.410 e. The molecule has 1 aliphatic rings. The van der Waals surface area contributed by atoms with E-state index in [0.29, 0.717) is 36.6 Å². The number of nitrogens with one attached hydrogen (secondary N) is 1. The van der Waals surface area contributed by atoms with Gasteiger partial charge in [0.15, 0.2) is 0 Å². The van der Waals surface area contributed by atoms with Gasteiger partial charge in [-0.25, -0.2) is 4.79 Å². The van der Waals surface area contributed by atoms with E-state index < -0.39 is 5.60 Å². The number of halogens is 1. The molecule has 0 saturated carbocycles. The molecule has 0 bridgehead atoms. The maximum atomic E-state index is 12.8. The van der Waals surface area contributed by atoms with Crippen LogP contribution in [0.1, 0.15) is 52.8 Å². The fourth-order valence-electron chi connectivity index (χ4n) is 3.69. The monoisotopic (exact) mass is 498 g/mol. The molecule has 0 atom stereocenters. The molecule has 34 heavy (non-hydrogen) atoms. The zero-order valence-electron chi connectivity index (χ0n) is 19.4. The first-order valence-corrected chi connectivity index (χ1v) is 12.3. The van der Waals surface area contributed by atoms with Gasteiger partial charge in [0.2, 0.25) is 5.13 Å². The molecule has 1 aromatic heterocycles. The van der Waals surface area contributed by atoms with Crippen LogP contribution in [0.2, 0.25) is 5.02 Å². The van der Waals surface area contributed by atoms with Gasteiger partial charge in [-0.2, -0.15) is 0 Å². The average molecular weight is 499 g/mol. The van der Waals surface area contributed by atoms with E-state index in [4.69, 9.17) is 16.3 Å². The fourth-order valence-corrected chi connectivity index (χ4v) is 4.66. The number of hydrogen-bond donors (Lipinski definition) is 1. The largest absolute Gasteiger partial charge is 0.444 e. The quantitative estimate of drug-likeness (QED) is 0.500. The number of hydrogen-bond acceptors (Lipinski definition) is 6. The van der Waals surface area contributed by atoms with E-state index in [2.05, 4.69) is 15.5 Å². The molecule has 0 radical (unpaired) electrons. The van der Waals surface area contributed by atoms with Crippen molar-refractivity contribution in [2.24, 2.45) is 0 Å². The van der Waals surface area contributed by atoms with Crippen molar-refractivity contribution in [3.05, 3.63) is 74.7 Å². The number of carbonyl (C=O) groups is 2. The molecule has 9 heteroatoms. The van der Waals surface area contributed by atoms with Crippen LogP contribution in [0.15, 0.2) is 42.5 Å². The van der Waals surface area contributed by atoms with E-state index >= 15 is 0 Å². The Balaban J connectivity index is 1.35. The summed E-state index contributed by atoms with van der Waals surface area (Å²) in [4.78, 5) is 26.9. The summed E-state index contributed by atoms with van der Waals surface area (Å²) in [7, 11) is 0. The Hall–Kier alpha value is -2.97. The predicted molar refractivity (Wildman–Crippen MR) is 134 cm³/mol. The van der Waals surface area contributed by atoms with Crippen molar-refractivity contribution in [1.29, 1.82) is 0 Å². The number of fused-ring (bicyclic) bond motifs is 1. The smallest absolute Gasteiger partial charge is 0.410 e. The number of nitrogens with zero attached hydrogens (tertiary/aromatic N) is 3. The summed E-state index contributed by atoms with van der Waals surface area (Å²) in [6.07, 6.45) is 1.81. The van der Waals surface area contributed by atoms with Gasteiger partial charge in [-0.05, 0) is 68.5 Å². The lowest BCUT2D eigenvalue weighted by Gasteiger charge is -2.31. The third kappa shape index (κ3) is 6.12. The number of carbonyl (C=O) groups excluding carboxylic acids is 2. The van der Waals surface area contributed by atoms with Crippen molar-refractivity contribution >= 4 is 40.1 Å². The molecule has 4 rings (SSSR count). The Morgan fingerprint density at radius 1 is 1.12 bits per heavy atom. The number of amides is 2. The van der Waals surface area contributed by atoms with Crippen LogP contribution < -0.4 is 5.32 Å². The molecule has 7 nitrogen and oxygen atoms in total. The lowest BCUT2D eigenvalue weighted by atomic mass is 9.97. The first kappa shape index (κ1) is 24.2. The molecule has 2 amide bonds. The Kier molecular flexibility index (Phi) is 7.19. The molecule has 3 aromatic rings. The van der Waals surface area contributed by atoms with Crippen molar-refractivity contribution in [3.8, 4) is 0 Å². The maximum absolute atomic E-state index is 12.8. The van der Waals surface area contributed by atoms with Crippen LogP contribution in [0.3, 0.4) is 0 Å². The van der Waals surface area contributed by atoms with Crippen molar-refractivity contribution in [1.82, 2.24) is 15.1 Å². The highest BCUT2D eigenvalue weighted by atomic mass is 35.5. The lowest BCUT2D eigenvalue weighted by Crippen LogP contribution is -2.39. The number of ether oxygens (including phenoxy) is 1. The van der Waals surface area contributed by atoms with Crippen molar-refractivity contribution in [2.45, 2.75) is 52.2 Å². The van der Waals surface area contributed by atoms with E-state index in [-0.39, 0.29) is 12.0 Å². The second-order valence-electron chi connectivity index (χ2n) is 9.18. The van der Waals surface area contributed by atoms with Crippen LogP contribution in [0.5, 0.6) is 0 Å². The fraction of sp³-hybridized carbons (Fsp3) is 0.360. The summed E-state index contributed by atoms with van der Waals surface area (Å²) < 4.78 is 5.48. The standard InChI is InChI=1S/C25H27ClN4O3S/c1-25(2,3)33-24(32)30-13-12-17-14-18(8-9-19(17)15-30)22(31)27-23-29-28-21(34-23)11-10-16-6-4-5-7-20(16)26/h4-9,14H,10-13,15H2,1-3H3,(H,27,29,31). The van der Waals surface area contributed by atoms with Gasteiger partial charge >= 0.3 is 6.09 Å². The van der Waals surface area contributed by atoms with Crippen LogP contribution in [0.25, 0.3) is 0 Å². The molecule has 178 valence electrons.